The Bertz CT molecular complexity index is 939. The second-order valence-electron chi connectivity index (χ2n) is 6.07. The van der Waals surface area contributed by atoms with Crippen LogP contribution in [0.25, 0.3) is 0 Å². The van der Waals surface area contributed by atoms with E-state index >= 15 is 0 Å². The third kappa shape index (κ3) is 3.57. The molecule has 1 saturated heterocycles. The van der Waals surface area contributed by atoms with Crippen LogP contribution in [0.4, 0.5) is 16.2 Å². The van der Waals surface area contributed by atoms with Gasteiger partial charge in [0.1, 0.15) is 12.3 Å². The monoisotopic (exact) mass is 381 g/mol. The fourth-order valence-corrected chi connectivity index (χ4v) is 2.89. The minimum absolute atomic E-state index is 0.225. The minimum Gasteiger partial charge on any atom is -0.497 e. The van der Waals surface area contributed by atoms with Crippen LogP contribution in [0.3, 0.4) is 0 Å². The van der Waals surface area contributed by atoms with Crippen molar-refractivity contribution in [1.82, 2.24) is 4.90 Å². The van der Waals surface area contributed by atoms with Gasteiger partial charge >= 0.3 is 17.8 Å². The second kappa shape index (κ2) is 7.91. The normalized spacial score (nSPS) is 13.9. The van der Waals surface area contributed by atoms with Gasteiger partial charge in [-0.3, -0.25) is 14.4 Å². The van der Waals surface area contributed by atoms with Crippen LogP contribution >= 0.6 is 0 Å². The quantitative estimate of drug-likeness (QED) is 0.611. The average Bonchev–Trinajstić information content (AvgIpc) is 2.92. The number of imide groups is 2. The lowest BCUT2D eigenvalue weighted by molar-refractivity contribution is -0.140. The maximum absolute atomic E-state index is 12.6. The molecule has 0 atom stereocenters. The topological polar surface area (TPSA) is 96.0 Å². The summed E-state index contributed by atoms with van der Waals surface area (Å²) in [4.78, 5) is 50.8. The van der Waals surface area contributed by atoms with E-state index in [0.29, 0.717) is 22.8 Å². The maximum Gasteiger partial charge on any atom is 0.339 e. The number of nitrogens with zero attached hydrogens (tertiary/aromatic N) is 2. The summed E-state index contributed by atoms with van der Waals surface area (Å²) < 4.78 is 5.04. The molecule has 1 N–H and O–H groups in total. The van der Waals surface area contributed by atoms with E-state index in [-0.39, 0.29) is 5.69 Å². The molecule has 28 heavy (non-hydrogen) atoms. The molecule has 0 unspecified atom stereocenters. The molecule has 1 aliphatic rings. The molecule has 0 spiro atoms. The van der Waals surface area contributed by atoms with Crippen molar-refractivity contribution in [2.75, 3.05) is 23.9 Å². The van der Waals surface area contributed by atoms with Gasteiger partial charge in [0, 0.05) is 5.69 Å². The maximum atomic E-state index is 12.6. The minimum atomic E-state index is -1.04. The van der Waals surface area contributed by atoms with Crippen molar-refractivity contribution in [3.05, 3.63) is 54.1 Å². The van der Waals surface area contributed by atoms with E-state index in [4.69, 9.17) is 4.74 Å². The summed E-state index contributed by atoms with van der Waals surface area (Å²) in [6.07, 6.45) is 0.710. The zero-order valence-corrected chi connectivity index (χ0v) is 15.5. The summed E-state index contributed by atoms with van der Waals surface area (Å²) >= 11 is 0. The number of aryl methyl sites for hydroxylation is 1. The first-order valence-electron chi connectivity index (χ1n) is 8.68. The Balaban J connectivity index is 1.75. The number of benzene rings is 2. The molecule has 1 fully saturated rings. The van der Waals surface area contributed by atoms with E-state index in [1.807, 2.05) is 19.1 Å². The number of urea groups is 1. The first-order chi connectivity index (χ1) is 13.5. The van der Waals surface area contributed by atoms with Crippen LogP contribution in [-0.4, -0.2) is 42.3 Å². The number of anilines is 2. The predicted molar refractivity (Wildman–Crippen MR) is 102 cm³/mol. The largest absolute Gasteiger partial charge is 0.497 e. The van der Waals surface area contributed by atoms with Crippen molar-refractivity contribution in [2.45, 2.75) is 13.3 Å². The SMILES string of the molecule is CCc1ccccc1NC(=O)CN1C(=O)C(=O)N(c2ccc(OC)cc2)C1=O. The average molecular weight is 381 g/mol. The fourth-order valence-electron chi connectivity index (χ4n) is 2.89. The summed E-state index contributed by atoms with van der Waals surface area (Å²) in [5.41, 5.74) is 1.75. The van der Waals surface area contributed by atoms with Crippen LogP contribution in [-0.2, 0) is 20.8 Å². The fraction of sp³-hybridized carbons (Fsp3) is 0.200. The molecule has 2 aromatic carbocycles. The molecule has 0 saturated carbocycles. The van der Waals surface area contributed by atoms with Crippen LogP contribution < -0.4 is 15.0 Å². The Morgan fingerprint density at radius 2 is 1.68 bits per heavy atom. The number of methoxy groups -OCH3 is 1. The zero-order valence-electron chi connectivity index (χ0n) is 15.5. The highest BCUT2D eigenvalue weighted by Crippen LogP contribution is 2.24. The van der Waals surface area contributed by atoms with Gasteiger partial charge in [0.25, 0.3) is 0 Å². The zero-order chi connectivity index (χ0) is 20.3. The lowest BCUT2D eigenvalue weighted by atomic mass is 10.1. The van der Waals surface area contributed by atoms with Crippen molar-refractivity contribution >= 4 is 35.1 Å². The second-order valence-corrected chi connectivity index (χ2v) is 6.07. The molecular formula is C20H19N3O5. The number of hydrogen-bond acceptors (Lipinski definition) is 5. The van der Waals surface area contributed by atoms with Crippen LogP contribution in [0.15, 0.2) is 48.5 Å². The molecule has 2 aromatic rings. The number of hydrogen-bond donors (Lipinski definition) is 1. The Hall–Kier alpha value is -3.68. The highest BCUT2D eigenvalue weighted by molar-refractivity contribution is 6.53. The molecule has 1 heterocycles. The van der Waals surface area contributed by atoms with E-state index in [9.17, 15) is 19.2 Å². The summed E-state index contributed by atoms with van der Waals surface area (Å²) in [6, 6.07) is 12.5. The summed E-state index contributed by atoms with van der Waals surface area (Å²) in [5.74, 6) is -2.07. The van der Waals surface area contributed by atoms with E-state index in [1.165, 1.54) is 19.2 Å². The van der Waals surface area contributed by atoms with Crippen LogP contribution in [0.2, 0.25) is 0 Å². The highest BCUT2D eigenvalue weighted by Gasteiger charge is 2.46. The number of amides is 5. The number of nitrogens with one attached hydrogen (secondary N) is 1. The lowest BCUT2D eigenvalue weighted by Gasteiger charge is -2.16. The Morgan fingerprint density at radius 3 is 2.32 bits per heavy atom. The number of para-hydroxylation sites is 1. The molecule has 144 valence electrons. The van der Waals surface area contributed by atoms with E-state index < -0.39 is 30.3 Å². The lowest BCUT2D eigenvalue weighted by Crippen LogP contribution is -2.39. The van der Waals surface area contributed by atoms with Gasteiger partial charge in [-0.05, 0) is 42.3 Å². The van der Waals surface area contributed by atoms with Gasteiger partial charge in [-0.15, -0.1) is 0 Å². The highest BCUT2D eigenvalue weighted by atomic mass is 16.5. The molecule has 0 bridgehead atoms. The number of carbonyl (C=O) groups excluding carboxylic acids is 4. The first kappa shape index (κ1) is 19.1. The van der Waals surface area contributed by atoms with Crippen LogP contribution in [0, 0.1) is 0 Å². The molecule has 0 radical (unpaired) electrons. The van der Waals surface area contributed by atoms with Crippen molar-refractivity contribution in [3.8, 4) is 5.75 Å². The predicted octanol–water partition coefficient (Wildman–Crippen LogP) is 2.19. The van der Waals surface area contributed by atoms with Crippen molar-refractivity contribution in [3.63, 3.8) is 0 Å². The van der Waals surface area contributed by atoms with E-state index in [1.54, 1.807) is 24.3 Å². The van der Waals surface area contributed by atoms with Crippen molar-refractivity contribution < 1.29 is 23.9 Å². The van der Waals surface area contributed by atoms with Gasteiger partial charge in [0.05, 0.1) is 12.8 Å². The molecular weight excluding hydrogens is 362 g/mol. The smallest absolute Gasteiger partial charge is 0.339 e. The molecule has 1 aliphatic heterocycles. The Labute approximate surface area is 161 Å². The van der Waals surface area contributed by atoms with E-state index in [0.717, 1.165) is 10.5 Å². The third-order valence-electron chi connectivity index (χ3n) is 4.36. The number of carbonyl (C=O) groups is 4. The number of rotatable bonds is 6. The van der Waals surface area contributed by atoms with Gasteiger partial charge in [0.15, 0.2) is 0 Å². The standard InChI is InChI=1S/C20H19N3O5/c1-3-13-6-4-5-7-16(13)21-17(24)12-22-18(25)19(26)23(20(22)27)14-8-10-15(28-2)11-9-14/h4-11H,3,12H2,1-2H3,(H,21,24). The Kier molecular flexibility index (Phi) is 5.39. The Morgan fingerprint density at radius 1 is 1.00 bits per heavy atom. The van der Waals surface area contributed by atoms with Gasteiger partial charge in [-0.25, -0.2) is 14.6 Å². The van der Waals surface area contributed by atoms with Crippen LogP contribution in [0.5, 0.6) is 5.75 Å². The summed E-state index contributed by atoms with van der Waals surface area (Å²) in [7, 11) is 1.49. The van der Waals surface area contributed by atoms with Gasteiger partial charge in [0.2, 0.25) is 5.91 Å². The number of ether oxygens (including phenoxy) is 1. The summed E-state index contributed by atoms with van der Waals surface area (Å²) in [6.45, 7) is 1.40. The van der Waals surface area contributed by atoms with Gasteiger partial charge in [-0.2, -0.15) is 0 Å². The summed E-state index contributed by atoms with van der Waals surface area (Å²) in [5, 5.41) is 2.68. The molecule has 8 heteroatoms. The molecule has 3 rings (SSSR count). The van der Waals surface area contributed by atoms with Crippen molar-refractivity contribution in [1.29, 1.82) is 0 Å². The molecule has 0 aromatic heterocycles. The van der Waals surface area contributed by atoms with Gasteiger partial charge < -0.3 is 10.1 Å². The third-order valence-corrected chi connectivity index (χ3v) is 4.36. The van der Waals surface area contributed by atoms with E-state index in [2.05, 4.69) is 5.32 Å². The first-order valence-corrected chi connectivity index (χ1v) is 8.68. The van der Waals surface area contributed by atoms with Crippen molar-refractivity contribution in [2.24, 2.45) is 0 Å². The molecule has 5 amide bonds. The molecule has 8 nitrogen and oxygen atoms in total. The van der Waals surface area contributed by atoms with Crippen LogP contribution in [0.1, 0.15) is 12.5 Å². The molecule has 0 aliphatic carbocycles. The van der Waals surface area contributed by atoms with Gasteiger partial charge in [-0.1, -0.05) is 25.1 Å².